The van der Waals surface area contributed by atoms with Crippen molar-refractivity contribution in [2.24, 2.45) is 0 Å². The van der Waals surface area contributed by atoms with E-state index < -0.39 is 5.50 Å². The van der Waals surface area contributed by atoms with Gasteiger partial charge >= 0.3 is 0 Å². The number of aromatic nitrogens is 2. The Kier molecular flexibility index (Phi) is 3.24. The third-order valence-corrected chi connectivity index (χ3v) is 3.10. The minimum atomic E-state index is -0.432. The quantitative estimate of drug-likeness (QED) is 0.584. The van der Waals surface area contributed by atoms with Crippen molar-refractivity contribution in [2.45, 2.75) is 24.2 Å². The summed E-state index contributed by atoms with van der Waals surface area (Å²) in [6, 6.07) is 0. The summed E-state index contributed by atoms with van der Waals surface area (Å²) in [5, 5.41) is 7.87. The van der Waals surface area contributed by atoms with Crippen LogP contribution in [0.15, 0.2) is 9.69 Å². The van der Waals surface area contributed by atoms with E-state index in [4.69, 9.17) is 0 Å². The summed E-state index contributed by atoms with van der Waals surface area (Å²) in [6.07, 6.45) is 0. The molecule has 0 bridgehead atoms. The van der Waals surface area contributed by atoms with Gasteiger partial charge in [-0.3, -0.25) is 24.7 Å². The second-order valence-corrected chi connectivity index (χ2v) is 4.73. The molecule has 2 heterocycles. The van der Waals surface area contributed by atoms with Gasteiger partial charge in [0.15, 0.2) is 11.3 Å². The van der Waals surface area contributed by atoms with E-state index in [0.29, 0.717) is 10.7 Å². The highest BCUT2D eigenvalue weighted by Crippen LogP contribution is 2.32. The maximum atomic E-state index is 11.7. The first-order valence-corrected chi connectivity index (χ1v) is 5.96. The highest BCUT2D eigenvalue weighted by Gasteiger charge is 2.26. The molecule has 96 valence electrons. The second-order valence-electron chi connectivity index (χ2n) is 3.62. The number of aromatic amines is 1. The van der Waals surface area contributed by atoms with Gasteiger partial charge in [-0.25, -0.2) is 0 Å². The molecule has 8 nitrogen and oxygen atoms in total. The zero-order valence-electron chi connectivity index (χ0n) is 9.66. The predicted molar refractivity (Wildman–Crippen MR) is 66.2 cm³/mol. The molecule has 0 saturated carbocycles. The Morgan fingerprint density at radius 3 is 2.67 bits per heavy atom. The number of hydrogen-bond donors (Lipinski definition) is 4. The van der Waals surface area contributed by atoms with E-state index in [9.17, 15) is 14.4 Å². The first-order chi connectivity index (χ1) is 8.45. The van der Waals surface area contributed by atoms with E-state index in [1.807, 2.05) is 0 Å². The summed E-state index contributed by atoms with van der Waals surface area (Å²) < 4.78 is 0. The summed E-state index contributed by atoms with van der Waals surface area (Å²) in [6.45, 7) is 2.70. The van der Waals surface area contributed by atoms with Gasteiger partial charge in [-0.2, -0.15) is 4.98 Å². The molecule has 1 unspecified atom stereocenters. The van der Waals surface area contributed by atoms with Crippen molar-refractivity contribution in [1.82, 2.24) is 15.3 Å². The molecule has 0 spiro atoms. The van der Waals surface area contributed by atoms with Crippen molar-refractivity contribution in [2.75, 3.05) is 10.6 Å². The topological polar surface area (TPSA) is 116 Å². The van der Waals surface area contributed by atoms with Crippen LogP contribution in [0.2, 0.25) is 0 Å². The van der Waals surface area contributed by atoms with Gasteiger partial charge in [-0.1, -0.05) is 11.8 Å². The lowest BCUT2D eigenvalue weighted by atomic mass is 10.5. The maximum absolute atomic E-state index is 11.7. The number of hydrogen-bond acceptors (Lipinski definition) is 6. The largest absolute Gasteiger partial charge is 0.340 e. The minimum Gasteiger partial charge on any atom is -0.340 e. The minimum absolute atomic E-state index is 0.0721. The monoisotopic (exact) mass is 269 g/mol. The fraction of sp³-hybridized carbons (Fsp3) is 0.333. The molecule has 0 aliphatic carbocycles. The van der Waals surface area contributed by atoms with Gasteiger partial charge in [-0.15, -0.1) is 0 Å². The van der Waals surface area contributed by atoms with Crippen LogP contribution in [0.5, 0.6) is 0 Å². The van der Waals surface area contributed by atoms with E-state index in [-0.39, 0.29) is 23.3 Å². The van der Waals surface area contributed by atoms with Crippen LogP contribution in [0.1, 0.15) is 13.8 Å². The third-order valence-electron chi connectivity index (χ3n) is 2.01. The highest BCUT2D eigenvalue weighted by molar-refractivity contribution is 8.00. The fourth-order valence-corrected chi connectivity index (χ4v) is 2.42. The lowest BCUT2D eigenvalue weighted by Crippen LogP contribution is -2.34. The van der Waals surface area contributed by atoms with Crippen molar-refractivity contribution < 1.29 is 9.59 Å². The molecule has 1 aromatic rings. The molecule has 0 fully saturated rings. The Bertz CT molecular complexity index is 570. The molecule has 4 N–H and O–H groups in total. The molecule has 1 aliphatic rings. The number of fused-ring (bicyclic) bond motifs is 1. The summed E-state index contributed by atoms with van der Waals surface area (Å²) in [4.78, 5) is 40.4. The molecule has 1 atom stereocenters. The normalized spacial score (nSPS) is 16.7. The van der Waals surface area contributed by atoms with E-state index in [0.717, 1.165) is 11.8 Å². The third kappa shape index (κ3) is 2.62. The lowest BCUT2D eigenvalue weighted by Gasteiger charge is -2.09. The van der Waals surface area contributed by atoms with Crippen molar-refractivity contribution >= 4 is 35.3 Å². The molecule has 1 aromatic heterocycles. The zero-order chi connectivity index (χ0) is 13.3. The van der Waals surface area contributed by atoms with Gasteiger partial charge in [0.25, 0.3) is 5.56 Å². The molecule has 2 amide bonds. The molecule has 9 heteroatoms. The Balaban J connectivity index is 2.24. The number of carbonyl (C=O) groups excluding carboxylic acids is 2. The van der Waals surface area contributed by atoms with E-state index >= 15 is 0 Å². The number of rotatable bonds is 2. The Morgan fingerprint density at radius 1 is 1.33 bits per heavy atom. The number of anilines is 2. The summed E-state index contributed by atoms with van der Waals surface area (Å²) in [5.74, 6) is -0.137. The van der Waals surface area contributed by atoms with E-state index in [2.05, 4.69) is 25.9 Å². The van der Waals surface area contributed by atoms with Crippen molar-refractivity contribution in [3.05, 3.63) is 10.4 Å². The molecular weight excluding hydrogens is 258 g/mol. The van der Waals surface area contributed by atoms with E-state index in [1.54, 1.807) is 0 Å². The lowest BCUT2D eigenvalue weighted by molar-refractivity contribution is -0.119. The van der Waals surface area contributed by atoms with Crippen LogP contribution in [0.25, 0.3) is 0 Å². The van der Waals surface area contributed by atoms with Gasteiger partial charge in [0.1, 0.15) is 4.90 Å². The summed E-state index contributed by atoms with van der Waals surface area (Å²) in [7, 11) is 0. The average molecular weight is 269 g/mol. The van der Waals surface area contributed by atoms with Gasteiger partial charge < -0.3 is 10.6 Å². The number of H-pyrrole nitrogens is 1. The number of thioether (sulfide) groups is 1. The van der Waals surface area contributed by atoms with Crippen LogP contribution in [0.3, 0.4) is 0 Å². The standard InChI is InChI=1S/C9H11N5O3S/c1-3(15)10-8-12-6-5(7(17)14-8)18-9(13-6)11-4(2)16/h9H,1-2H3,(H,11,16)(H3,10,12,13,14,15,17). The second kappa shape index (κ2) is 4.69. The Morgan fingerprint density at radius 2 is 2.06 bits per heavy atom. The molecule has 0 radical (unpaired) electrons. The van der Waals surface area contributed by atoms with Crippen LogP contribution in [-0.4, -0.2) is 27.3 Å². The van der Waals surface area contributed by atoms with Gasteiger partial charge in [0, 0.05) is 13.8 Å². The SMILES string of the molecule is CC(=O)Nc1nc2c(c(=O)[nH]1)SC(NC(C)=O)N2. The van der Waals surface area contributed by atoms with Crippen LogP contribution < -0.4 is 21.5 Å². The van der Waals surface area contributed by atoms with Crippen LogP contribution in [-0.2, 0) is 9.59 Å². The van der Waals surface area contributed by atoms with Crippen molar-refractivity contribution in [3.63, 3.8) is 0 Å². The first-order valence-electron chi connectivity index (χ1n) is 5.08. The van der Waals surface area contributed by atoms with Crippen molar-refractivity contribution in [1.29, 1.82) is 0 Å². The van der Waals surface area contributed by atoms with Crippen LogP contribution >= 0.6 is 11.8 Å². The summed E-state index contributed by atoms with van der Waals surface area (Å²) >= 11 is 1.16. The van der Waals surface area contributed by atoms with Gasteiger partial charge in [0.2, 0.25) is 17.8 Å². The smallest absolute Gasteiger partial charge is 0.268 e. The Hall–Kier alpha value is -2.03. The highest BCUT2D eigenvalue weighted by atomic mass is 32.2. The maximum Gasteiger partial charge on any atom is 0.268 e. The fourth-order valence-electron chi connectivity index (χ4n) is 1.42. The van der Waals surface area contributed by atoms with Gasteiger partial charge in [0.05, 0.1) is 0 Å². The molecule has 18 heavy (non-hydrogen) atoms. The molecule has 1 aliphatic heterocycles. The molecule has 0 saturated heterocycles. The number of nitrogens with one attached hydrogen (secondary N) is 4. The number of amides is 2. The molecule has 0 aromatic carbocycles. The van der Waals surface area contributed by atoms with Crippen molar-refractivity contribution in [3.8, 4) is 0 Å². The van der Waals surface area contributed by atoms with Gasteiger partial charge in [-0.05, 0) is 0 Å². The summed E-state index contributed by atoms with van der Waals surface area (Å²) in [5.41, 5.74) is -0.798. The van der Waals surface area contributed by atoms with E-state index in [1.165, 1.54) is 13.8 Å². The molecular formula is C9H11N5O3S. The molecule has 2 rings (SSSR count). The van der Waals surface area contributed by atoms with Crippen LogP contribution in [0.4, 0.5) is 11.8 Å². The predicted octanol–water partition coefficient (Wildman–Crippen LogP) is -0.334. The Labute approximate surface area is 106 Å². The van der Waals surface area contributed by atoms with Crippen LogP contribution in [0, 0.1) is 0 Å². The number of nitrogens with zero attached hydrogens (tertiary/aromatic N) is 1. The average Bonchev–Trinajstić information content (AvgIpc) is 2.58. The number of carbonyl (C=O) groups is 2. The zero-order valence-corrected chi connectivity index (χ0v) is 10.5. The first kappa shape index (κ1) is 12.4.